The lowest BCUT2D eigenvalue weighted by Crippen LogP contribution is -2.53. The zero-order chi connectivity index (χ0) is 22.2. The maximum atomic E-state index is 13.1. The number of nitrogens with one attached hydrogen (secondary N) is 1. The number of likely N-dealkylation sites (N-methyl/N-ethyl adjacent to an activating group) is 1. The normalized spacial score (nSPS) is 17.3. The van der Waals surface area contributed by atoms with Crippen LogP contribution in [0.5, 0.6) is 0 Å². The lowest BCUT2D eigenvalue weighted by Gasteiger charge is -2.41. The summed E-state index contributed by atoms with van der Waals surface area (Å²) in [5, 5.41) is 3.31. The highest BCUT2D eigenvalue weighted by atomic mass is 19.1. The molecule has 0 unspecified atom stereocenters. The van der Waals surface area contributed by atoms with Crippen LogP contribution in [0.15, 0.2) is 42.6 Å². The molecule has 2 aliphatic heterocycles. The number of aryl methyl sites for hydroxylation is 1. The van der Waals surface area contributed by atoms with Crippen LogP contribution < -0.4 is 15.1 Å². The summed E-state index contributed by atoms with van der Waals surface area (Å²) in [7, 11) is 1.91. The van der Waals surface area contributed by atoms with E-state index in [0.29, 0.717) is 18.9 Å². The fraction of sp³-hybridized carbons (Fsp3) is 0.333. The van der Waals surface area contributed by atoms with Gasteiger partial charge in [0.15, 0.2) is 5.82 Å². The fourth-order valence-corrected chi connectivity index (χ4v) is 4.23. The predicted octanol–water partition coefficient (Wildman–Crippen LogP) is 3.33. The summed E-state index contributed by atoms with van der Waals surface area (Å²) in [6.45, 7) is 3.18. The Hall–Kier alpha value is -3.55. The number of amides is 1. The molecule has 0 saturated carbocycles. The molecule has 1 aromatic carbocycles. The van der Waals surface area contributed by atoms with Crippen molar-refractivity contribution >= 4 is 23.4 Å². The second kappa shape index (κ2) is 8.18. The van der Waals surface area contributed by atoms with Gasteiger partial charge in [0.05, 0.1) is 5.69 Å². The lowest BCUT2D eigenvalue weighted by molar-refractivity contribution is -0.119. The molecular formula is C24H25FN6O. The molecule has 5 rings (SSSR count). The van der Waals surface area contributed by atoms with Crippen LogP contribution in [0.2, 0.25) is 0 Å². The molecule has 164 valence electrons. The van der Waals surface area contributed by atoms with Gasteiger partial charge in [-0.2, -0.15) is 4.98 Å². The largest absolute Gasteiger partial charge is 0.350 e. The molecule has 32 heavy (non-hydrogen) atoms. The quantitative estimate of drug-likeness (QED) is 0.667. The van der Waals surface area contributed by atoms with E-state index in [-0.39, 0.29) is 17.8 Å². The van der Waals surface area contributed by atoms with Gasteiger partial charge in [-0.15, -0.1) is 0 Å². The van der Waals surface area contributed by atoms with Gasteiger partial charge in [0.1, 0.15) is 17.5 Å². The molecule has 3 aromatic rings. The summed E-state index contributed by atoms with van der Waals surface area (Å²) in [6, 6.07) is 10.2. The number of halogens is 1. The van der Waals surface area contributed by atoms with Gasteiger partial charge in [-0.25, -0.2) is 9.37 Å². The van der Waals surface area contributed by atoms with Crippen molar-refractivity contribution in [1.29, 1.82) is 0 Å². The molecule has 8 heteroatoms. The molecule has 0 aliphatic carbocycles. The van der Waals surface area contributed by atoms with Crippen LogP contribution in [-0.2, 0) is 24.2 Å². The van der Waals surface area contributed by atoms with Crippen molar-refractivity contribution in [2.24, 2.45) is 0 Å². The number of carbonyl (C=O) groups excluding carboxylic acids is 1. The number of anilines is 3. The average molecular weight is 433 g/mol. The van der Waals surface area contributed by atoms with E-state index < -0.39 is 0 Å². The van der Waals surface area contributed by atoms with E-state index in [1.54, 1.807) is 12.1 Å². The van der Waals surface area contributed by atoms with Crippen molar-refractivity contribution in [3.05, 3.63) is 70.9 Å². The van der Waals surface area contributed by atoms with Gasteiger partial charge in [0, 0.05) is 38.4 Å². The van der Waals surface area contributed by atoms with E-state index in [0.717, 1.165) is 53.4 Å². The second-order valence-corrected chi connectivity index (χ2v) is 8.36. The Labute approximate surface area is 186 Å². The Morgan fingerprint density at radius 1 is 1.12 bits per heavy atom. The smallest absolute Gasteiger partial charge is 0.249 e. The van der Waals surface area contributed by atoms with Crippen molar-refractivity contribution in [3.8, 4) is 0 Å². The fourth-order valence-electron chi connectivity index (χ4n) is 4.23. The standard InChI is InChI=1S/C24H25FN6O/c1-15-23(32)31-11-3-4-20-21(31)22(30(15)2)29-24(28-20)27-14-17-7-10-19(26-13-17)12-16-5-8-18(25)9-6-16/h5-10,13,15H,3-4,11-12,14H2,1-2H3,(H,27,28,29)/t15-/m0/s1. The molecule has 2 aliphatic rings. The van der Waals surface area contributed by atoms with Crippen molar-refractivity contribution in [3.63, 3.8) is 0 Å². The number of rotatable bonds is 5. The van der Waals surface area contributed by atoms with E-state index >= 15 is 0 Å². The topological polar surface area (TPSA) is 74.2 Å². The number of carbonyl (C=O) groups is 1. The molecule has 4 heterocycles. The maximum Gasteiger partial charge on any atom is 0.249 e. The van der Waals surface area contributed by atoms with Crippen molar-refractivity contribution in [1.82, 2.24) is 15.0 Å². The molecule has 1 atom stereocenters. The van der Waals surface area contributed by atoms with Crippen LogP contribution in [0, 0.1) is 5.82 Å². The summed E-state index contributed by atoms with van der Waals surface area (Å²) in [4.78, 5) is 30.4. The molecule has 0 saturated heterocycles. The number of nitrogens with zero attached hydrogens (tertiary/aromatic N) is 5. The Morgan fingerprint density at radius 2 is 1.91 bits per heavy atom. The third kappa shape index (κ3) is 3.77. The highest BCUT2D eigenvalue weighted by Crippen LogP contribution is 2.39. The number of hydrogen-bond donors (Lipinski definition) is 1. The van der Waals surface area contributed by atoms with E-state index in [4.69, 9.17) is 9.97 Å². The minimum absolute atomic E-state index is 0.108. The first-order valence-corrected chi connectivity index (χ1v) is 10.9. The number of hydrogen-bond acceptors (Lipinski definition) is 6. The summed E-state index contributed by atoms with van der Waals surface area (Å²) < 4.78 is 13.1. The molecule has 2 aromatic heterocycles. The third-order valence-electron chi connectivity index (χ3n) is 6.18. The first-order valence-electron chi connectivity index (χ1n) is 10.9. The van der Waals surface area contributed by atoms with Crippen LogP contribution in [0.1, 0.15) is 35.9 Å². The van der Waals surface area contributed by atoms with Crippen molar-refractivity contribution < 1.29 is 9.18 Å². The molecule has 0 bridgehead atoms. The van der Waals surface area contributed by atoms with Gasteiger partial charge in [-0.05, 0) is 49.1 Å². The van der Waals surface area contributed by atoms with Crippen LogP contribution in [0.4, 0.5) is 21.8 Å². The number of aromatic nitrogens is 3. The Morgan fingerprint density at radius 3 is 2.66 bits per heavy atom. The summed E-state index contributed by atoms with van der Waals surface area (Å²) in [5.41, 5.74) is 4.74. The third-order valence-corrected chi connectivity index (χ3v) is 6.18. The van der Waals surface area contributed by atoms with E-state index in [9.17, 15) is 9.18 Å². The van der Waals surface area contributed by atoms with Gasteiger partial charge < -0.3 is 15.1 Å². The van der Waals surface area contributed by atoms with Crippen LogP contribution in [0.3, 0.4) is 0 Å². The molecule has 1 N–H and O–H groups in total. The molecule has 0 radical (unpaired) electrons. The van der Waals surface area contributed by atoms with Crippen molar-refractivity contribution in [2.45, 2.75) is 38.8 Å². The Kier molecular flexibility index (Phi) is 5.20. The zero-order valence-electron chi connectivity index (χ0n) is 18.2. The molecule has 7 nitrogen and oxygen atoms in total. The first-order chi connectivity index (χ1) is 15.5. The number of benzene rings is 1. The van der Waals surface area contributed by atoms with Gasteiger partial charge in [-0.1, -0.05) is 18.2 Å². The maximum absolute atomic E-state index is 13.1. The van der Waals surface area contributed by atoms with E-state index in [1.807, 2.05) is 42.1 Å². The summed E-state index contributed by atoms with van der Waals surface area (Å²) in [6.07, 6.45) is 4.24. The van der Waals surface area contributed by atoms with Gasteiger partial charge in [-0.3, -0.25) is 9.78 Å². The summed E-state index contributed by atoms with van der Waals surface area (Å²) >= 11 is 0. The van der Waals surface area contributed by atoms with E-state index in [2.05, 4.69) is 10.3 Å². The van der Waals surface area contributed by atoms with Gasteiger partial charge in [0.2, 0.25) is 11.9 Å². The monoisotopic (exact) mass is 432 g/mol. The van der Waals surface area contributed by atoms with Crippen LogP contribution in [-0.4, -0.2) is 40.5 Å². The SMILES string of the molecule is C[C@H]1C(=O)N2CCCc3nc(NCc4ccc(Cc5ccc(F)cc5)nc4)nc(c32)N1C. The van der Waals surface area contributed by atoms with Crippen LogP contribution >= 0.6 is 0 Å². The average Bonchev–Trinajstić information content (AvgIpc) is 2.82. The second-order valence-electron chi connectivity index (χ2n) is 8.36. The lowest BCUT2D eigenvalue weighted by atomic mass is 10.0. The molecule has 0 fully saturated rings. The molecular weight excluding hydrogens is 407 g/mol. The minimum atomic E-state index is -0.242. The van der Waals surface area contributed by atoms with Gasteiger partial charge >= 0.3 is 0 Å². The van der Waals surface area contributed by atoms with Crippen molar-refractivity contribution in [2.75, 3.05) is 28.7 Å². The Balaban J connectivity index is 1.30. The van der Waals surface area contributed by atoms with E-state index in [1.165, 1.54) is 12.1 Å². The predicted molar refractivity (Wildman–Crippen MR) is 121 cm³/mol. The molecule has 1 amide bonds. The highest BCUT2D eigenvalue weighted by Gasteiger charge is 2.38. The minimum Gasteiger partial charge on any atom is -0.350 e. The first kappa shape index (κ1) is 20.4. The number of pyridine rings is 1. The highest BCUT2D eigenvalue weighted by molar-refractivity contribution is 6.05. The summed E-state index contributed by atoms with van der Waals surface area (Å²) in [5.74, 6) is 1.24. The molecule has 0 spiro atoms. The van der Waals surface area contributed by atoms with Crippen LogP contribution in [0.25, 0.3) is 0 Å². The zero-order valence-corrected chi connectivity index (χ0v) is 18.2. The Bertz CT molecular complexity index is 1150. The van der Waals surface area contributed by atoms with Gasteiger partial charge in [0.25, 0.3) is 0 Å².